The highest BCUT2D eigenvalue weighted by molar-refractivity contribution is 7.85. The van der Waals surface area contributed by atoms with Crippen LogP contribution in [0.3, 0.4) is 0 Å². The van der Waals surface area contributed by atoms with Crippen molar-refractivity contribution in [3.8, 4) is 0 Å². The Labute approximate surface area is 140 Å². The van der Waals surface area contributed by atoms with Crippen LogP contribution in [0, 0.1) is 0 Å². The molecule has 0 aromatic carbocycles. The third-order valence-corrected chi connectivity index (χ3v) is 2.44. The highest BCUT2D eigenvalue weighted by Gasteiger charge is 2.02. The van der Waals surface area contributed by atoms with Crippen LogP contribution in [-0.2, 0) is 10.1 Å². The molecule has 0 fully saturated rings. The molecule has 8 heteroatoms. The monoisotopic (exact) mass is 351 g/mol. The summed E-state index contributed by atoms with van der Waals surface area (Å²) in [5.74, 6) is -0.338. The van der Waals surface area contributed by atoms with Crippen molar-refractivity contribution in [3.05, 3.63) is 50.1 Å². The summed E-state index contributed by atoms with van der Waals surface area (Å²) < 4.78 is 28.6. The minimum absolute atomic E-state index is 0.110. The van der Waals surface area contributed by atoms with Gasteiger partial charge in [0, 0.05) is 13.6 Å². The number of allylic oxidation sites excluding steroid dienone is 5. The summed E-state index contributed by atoms with van der Waals surface area (Å²) in [6, 6.07) is 0. The summed E-state index contributed by atoms with van der Waals surface area (Å²) >= 11 is 4.64. The first-order valence-electron chi connectivity index (χ1n) is 6.24. The minimum atomic E-state index is -3.88. The van der Waals surface area contributed by atoms with Gasteiger partial charge in [-0.3, -0.25) is 4.55 Å². The Kier molecular flexibility index (Phi) is 31.9. The number of rotatable bonds is 5. The van der Waals surface area contributed by atoms with Crippen molar-refractivity contribution in [2.24, 2.45) is 5.73 Å². The Bertz CT molecular complexity index is 400. The first kappa shape index (κ1) is 28.6. The van der Waals surface area contributed by atoms with Gasteiger partial charge in [-0.1, -0.05) is 50.1 Å². The first-order valence-corrected chi connectivity index (χ1v) is 8.26. The highest BCUT2D eigenvalue weighted by Crippen LogP contribution is 1.78. The lowest BCUT2D eigenvalue weighted by molar-refractivity contribution is 0.482. The summed E-state index contributed by atoms with van der Waals surface area (Å²) in [5, 5.41) is 5.52. The SMILES string of the molecule is C=C/C=C\C.C=CC=C.CN.CNC(=S)NCCS(=O)(=O)O. The van der Waals surface area contributed by atoms with Gasteiger partial charge in [0.05, 0.1) is 5.75 Å². The molecule has 5 N–H and O–H groups in total. The summed E-state index contributed by atoms with van der Waals surface area (Å²) in [4.78, 5) is 0. The molecule has 0 spiro atoms. The van der Waals surface area contributed by atoms with Crippen LogP contribution < -0.4 is 16.4 Å². The largest absolute Gasteiger partial charge is 0.366 e. The van der Waals surface area contributed by atoms with E-state index in [1.807, 2.05) is 19.1 Å². The summed E-state index contributed by atoms with van der Waals surface area (Å²) in [7, 11) is -0.764. The predicted molar refractivity (Wildman–Crippen MR) is 102 cm³/mol. The maximum Gasteiger partial charge on any atom is 0.266 e. The van der Waals surface area contributed by atoms with E-state index >= 15 is 0 Å². The number of nitrogens with one attached hydrogen (secondary N) is 2. The van der Waals surface area contributed by atoms with Gasteiger partial charge in [-0.25, -0.2) is 0 Å². The molecule has 0 rings (SSSR count). The Balaban J connectivity index is -0.000000122. The predicted octanol–water partition coefficient (Wildman–Crippen LogP) is 1.65. The molecule has 0 aliphatic carbocycles. The van der Waals surface area contributed by atoms with Crippen LogP contribution in [0.5, 0.6) is 0 Å². The van der Waals surface area contributed by atoms with E-state index in [1.165, 1.54) is 7.05 Å². The quantitative estimate of drug-likeness (QED) is 0.339. The molecule has 0 radical (unpaired) electrons. The van der Waals surface area contributed by atoms with E-state index in [-0.39, 0.29) is 12.3 Å². The fraction of sp³-hybridized carbons (Fsp3) is 0.357. The zero-order chi connectivity index (χ0) is 18.4. The highest BCUT2D eigenvalue weighted by atomic mass is 32.2. The van der Waals surface area contributed by atoms with E-state index in [4.69, 9.17) is 4.55 Å². The standard InChI is InChI=1S/C5H8.C4H10N2O3S2.C4H6.CH5N/c1-3-5-4-2;1-5-4(10)6-2-3-11(7,8)9;1-3-4-2;1-2/h3-5H,1H2,2H3;2-3H2,1H3,(H2,5,6,10)(H,7,8,9);3-4H,1-2H2;2H2,1H3/b5-4-;;;. The van der Waals surface area contributed by atoms with Gasteiger partial charge >= 0.3 is 0 Å². The van der Waals surface area contributed by atoms with Gasteiger partial charge in [0.2, 0.25) is 0 Å². The van der Waals surface area contributed by atoms with Crippen LogP contribution in [-0.4, -0.2) is 44.5 Å². The third-order valence-electron chi connectivity index (χ3n) is 1.37. The Morgan fingerprint density at radius 3 is 1.86 bits per heavy atom. The second kappa shape index (κ2) is 24.5. The van der Waals surface area contributed by atoms with Crippen LogP contribution in [0.25, 0.3) is 0 Å². The first-order chi connectivity index (χ1) is 10.3. The average Bonchev–Trinajstić information content (AvgIpc) is 2.49. The topological polar surface area (TPSA) is 104 Å². The van der Waals surface area contributed by atoms with E-state index in [0.29, 0.717) is 5.11 Å². The average molecular weight is 352 g/mol. The number of thiocarbonyl (C=S) groups is 1. The van der Waals surface area contributed by atoms with Gasteiger partial charge in [-0.15, -0.1) is 0 Å². The van der Waals surface area contributed by atoms with Crippen LogP contribution in [0.1, 0.15) is 6.92 Å². The maximum absolute atomic E-state index is 10.2. The molecular weight excluding hydrogens is 322 g/mol. The zero-order valence-corrected chi connectivity index (χ0v) is 15.2. The molecule has 22 heavy (non-hydrogen) atoms. The second-order valence-corrected chi connectivity index (χ2v) is 5.01. The molecule has 0 aliphatic heterocycles. The summed E-state index contributed by atoms with van der Waals surface area (Å²) in [5.41, 5.74) is 4.50. The Morgan fingerprint density at radius 2 is 1.68 bits per heavy atom. The van der Waals surface area contributed by atoms with Crippen LogP contribution >= 0.6 is 12.2 Å². The number of hydrogen-bond acceptors (Lipinski definition) is 4. The van der Waals surface area contributed by atoms with Gasteiger partial charge in [0.25, 0.3) is 10.1 Å². The van der Waals surface area contributed by atoms with Crippen LogP contribution in [0.4, 0.5) is 0 Å². The van der Waals surface area contributed by atoms with Crippen molar-refractivity contribution in [2.45, 2.75) is 6.92 Å². The van der Waals surface area contributed by atoms with Gasteiger partial charge in [-0.05, 0) is 26.2 Å². The fourth-order valence-corrected chi connectivity index (χ4v) is 0.980. The molecule has 0 aromatic rings. The normalized spacial score (nSPS) is 8.59. The summed E-state index contributed by atoms with van der Waals surface area (Å²) in [6.45, 7) is 12.3. The van der Waals surface area contributed by atoms with Crippen LogP contribution in [0.2, 0.25) is 0 Å². The van der Waals surface area contributed by atoms with E-state index in [1.54, 1.807) is 25.3 Å². The van der Waals surface area contributed by atoms with Crippen molar-refractivity contribution in [2.75, 3.05) is 26.4 Å². The maximum atomic E-state index is 10.2. The zero-order valence-electron chi connectivity index (χ0n) is 13.6. The molecule has 0 aromatic heterocycles. The molecule has 0 amide bonds. The molecule has 130 valence electrons. The molecule has 0 saturated carbocycles. The van der Waals surface area contributed by atoms with E-state index in [9.17, 15) is 8.42 Å². The summed E-state index contributed by atoms with van der Waals surface area (Å²) in [6.07, 6.45) is 8.85. The molecule has 0 saturated heterocycles. The number of nitrogens with two attached hydrogens (primary N) is 1. The van der Waals surface area contributed by atoms with Gasteiger partial charge < -0.3 is 16.4 Å². The number of hydrogen-bond donors (Lipinski definition) is 4. The Hall–Kier alpha value is -1.48. The van der Waals surface area contributed by atoms with E-state index in [2.05, 4.69) is 48.3 Å². The molecule has 0 heterocycles. The lowest BCUT2D eigenvalue weighted by Crippen LogP contribution is -2.35. The van der Waals surface area contributed by atoms with E-state index in [0.717, 1.165) is 0 Å². The molecule has 6 nitrogen and oxygen atoms in total. The lowest BCUT2D eigenvalue weighted by atomic mass is 10.5. The van der Waals surface area contributed by atoms with Gasteiger partial charge in [0.15, 0.2) is 5.11 Å². The van der Waals surface area contributed by atoms with Crippen molar-refractivity contribution >= 4 is 27.4 Å². The minimum Gasteiger partial charge on any atom is -0.366 e. The van der Waals surface area contributed by atoms with Crippen LogP contribution in [0.15, 0.2) is 50.1 Å². The third kappa shape index (κ3) is 51.4. The molecule has 0 aliphatic rings. The molecular formula is C14H29N3O3S2. The van der Waals surface area contributed by atoms with Crippen molar-refractivity contribution in [3.63, 3.8) is 0 Å². The van der Waals surface area contributed by atoms with Crippen molar-refractivity contribution < 1.29 is 13.0 Å². The second-order valence-electron chi connectivity index (χ2n) is 3.02. The smallest absolute Gasteiger partial charge is 0.266 e. The fourth-order valence-electron chi connectivity index (χ4n) is 0.518. The van der Waals surface area contributed by atoms with Gasteiger partial charge in [0.1, 0.15) is 0 Å². The van der Waals surface area contributed by atoms with Crippen molar-refractivity contribution in [1.82, 2.24) is 10.6 Å². The van der Waals surface area contributed by atoms with Crippen molar-refractivity contribution in [1.29, 1.82) is 0 Å². The van der Waals surface area contributed by atoms with Gasteiger partial charge in [-0.2, -0.15) is 8.42 Å². The molecule has 0 atom stereocenters. The Morgan fingerprint density at radius 1 is 1.23 bits per heavy atom. The lowest BCUT2D eigenvalue weighted by Gasteiger charge is -2.04. The van der Waals surface area contributed by atoms with E-state index < -0.39 is 10.1 Å². The molecule has 0 bridgehead atoms. The molecule has 0 unspecified atom stereocenters.